The number of nitrogens with zero attached hydrogens (tertiary/aromatic N) is 1. The summed E-state index contributed by atoms with van der Waals surface area (Å²) in [6.45, 7) is 1.54. The molecule has 0 unspecified atom stereocenters. The van der Waals surface area contributed by atoms with Crippen LogP contribution in [0.4, 0.5) is 5.69 Å². The second kappa shape index (κ2) is 10.5. The van der Waals surface area contributed by atoms with Crippen molar-refractivity contribution >= 4 is 36.4 Å². The summed E-state index contributed by atoms with van der Waals surface area (Å²) in [5.41, 5.74) is 8.59. The minimum Gasteiger partial charge on any atom is -0.381 e. The van der Waals surface area contributed by atoms with Crippen molar-refractivity contribution in [3.63, 3.8) is 0 Å². The van der Waals surface area contributed by atoms with Gasteiger partial charge in [-0.25, -0.2) is 0 Å². The standard InChI is InChI=1S/C19H23N3O2.2ClH/c20-14-19(7-11-24-12-8-19)18(23)22-17-3-1-15(2-4-17)13-16-5-9-21-10-6-16;;/h1-6,9-10H,7-8,11-14,20H2,(H,22,23);2*1H. The zero-order valence-corrected chi connectivity index (χ0v) is 16.2. The van der Waals surface area contributed by atoms with E-state index in [1.54, 1.807) is 12.4 Å². The molecule has 1 amide bonds. The van der Waals surface area contributed by atoms with Gasteiger partial charge in [-0.2, -0.15) is 0 Å². The van der Waals surface area contributed by atoms with Crippen molar-refractivity contribution in [3.05, 3.63) is 59.9 Å². The molecule has 0 spiro atoms. The molecule has 142 valence electrons. The summed E-state index contributed by atoms with van der Waals surface area (Å²) >= 11 is 0. The normalized spacial score (nSPS) is 15.3. The third kappa shape index (κ3) is 5.42. The topological polar surface area (TPSA) is 77.2 Å². The van der Waals surface area contributed by atoms with E-state index >= 15 is 0 Å². The Hall–Kier alpha value is -1.66. The van der Waals surface area contributed by atoms with E-state index in [4.69, 9.17) is 10.5 Å². The molecule has 1 aromatic carbocycles. The second-order valence-corrected chi connectivity index (χ2v) is 6.28. The lowest BCUT2D eigenvalue weighted by molar-refractivity contribution is -0.130. The Morgan fingerprint density at radius 2 is 1.62 bits per heavy atom. The first-order chi connectivity index (χ1) is 11.7. The van der Waals surface area contributed by atoms with Crippen LogP contribution in [0.15, 0.2) is 48.8 Å². The Morgan fingerprint density at radius 1 is 1.04 bits per heavy atom. The van der Waals surface area contributed by atoms with Gasteiger partial charge in [0.1, 0.15) is 0 Å². The largest absolute Gasteiger partial charge is 0.381 e. The highest BCUT2D eigenvalue weighted by atomic mass is 35.5. The van der Waals surface area contributed by atoms with Crippen LogP contribution in [0.1, 0.15) is 24.0 Å². The van der Waals surface area contributed by atoms with E-state index in [0.29, 0.717) is 32.6 Å². The van der Waals surface area contributed by atoms with Crippen LogP contribution >= 0.6 is 24.8 Å². The fraction of sp³-hybridized carbons (Fsp3) is 0.368. The molecule has 0 bridgehead atoms. The lowest BCUT2D eigenvalue weighted by Gasteiger charge is -2.34. The molecule has 7 heteroatoms. The highest BCUT2D eigenvalue weighted by Gasteiger charge is 2.38. The van der Waals surface area contributed by atoms with Gasteiger partial charge in [-0.15, -0.1) is 24.8 Å². The van der Waals surface area contributed by atoms with Gasteiger partial charge in [0.05, 0.1) is 5.41 Å². The Morgan fingerprint density at radius 3 is 2.19 bits per heavy atom. The number of hydrogen-bond acceptors (Lipinski definition) is 4. The Labute approximate surface area is 166 Å². The Bertz CT molecular complexity index is 675. The van der Waals surface area contributed by atoms with Crippen molar-refractivity contribution in [2.75, 3.05) is 25.1 Å². The van der Waals surface area contributed by atoms with Crippen molar-refractivity contribution in [2.24, 2.45) is 11.1 Å². The second-order valence-electron chi connectivity index (χ2n) is 6.28. The number of pyridine rings is 1. The molecule has 1 aliphatic rings. The molecule has 1 aliphatic heterocycles. The molecule has 2 aromatic rings. The van der Waals surface area contributed by atoms with Crippen LogP contribution < -0.4 is 11.1 Å². The molecule has 2 heterocycles. The van der Waals surface area contributed by atoms with E-state index < -0.39 is 5.41 Å². The summed E-state index contributed by atoms with van der Waals surface area (Å²) in [6, 6.07) is 12.0. The van der Waals surface area contributed by atoms with Crippen LogP contribution in [0.5, 0.6) is 0 Å². The van der Waals surface area contributed by atoms with Gasteiger partial charge in [0.2, 0.25) is 5.91 Å². The number of halogens is 2. The van der Waals surface area contributed by atoms with Crippen LogP contribution in [0, 0.1) is 5.41 Å². The molecule has 1 aromatic heterocycles. The maximum absolute atomic E-state index is 12.6. The number of anilines is 1. The average Bonchev–Trinajstić information content (AvgIpc) is 2.64. The smallest absolute Gasteiger partial charge is 0.232 e. The van der Waals surface area contributed by atoms with Gasteiger partial charge in [0, 0.05) is 37.8 Å². The molecule has 3 rings (SSSR count). The summed E-state index contributed by atoms with van der Waals surface area (Å²) in [4.78, 5) is 16.7. The van der Waals surface area contributed by atoms with Gasteiger partial charge < -0.3 is 15.8 Å². The molecular weight excluding hydrogens is 373 g/mol. The summed E-state index contributed by atoms with van der Waals surface area (Å²) in [5, 5.41) is 3.01. The van der Waals surface area contributed by atoms with E-state index in [1.807, 2.05) is 36.4 Å². The van der Waals surface area contributed by atoms with Gasteiger partial charge in [0.25, 0.3) is 0 Å². The summed E-state index contributed by atoms with van der Waals surface area (Å²) in [7, 11) is 0. The van der Waals surface area contributed by atoms with E-state index in [0.717, 1.165) is 12.1 Å². The fourth-order valence-corrected chi connectivity index (χ4v) is 2.99. The van der Waals surface area contributed by atoms with Crippen molar-refractivity contribution in [1.29, 1.82) is 0 Å². The van der Waals surface area contributed by atoms with Crippen molar-refractivity contribution in [2.45, 2.75) is 19.3 Å². The maximum Gasteiger partial charge on any atom is 0.232 e. The van der Waals surface area contributed by atoms with Gasteiger partial charge in [-0.3, -0.25) is 9.78 Å². The number of aromatic nitrogens is 1. The minimum atomic E-state index is -0.506. The lowest BCUT2D eigenvalue weighted by Crippen LogP contribution is -2.46. The number of benzene rings is 1. The monoisotopic (exact) mass is 397 g/mol. The van der Waals surface area contributed by atoms with Gasteiger partial charge >= 0.3 is 0 Å². The molecule has 5 nitrogen and oxygen atoms in total. The highest BCUT2D eigenvalue weighted by Crippen LogP contribution is 2.31. The number of nitrogens with one attached hydrogen (secondary N) is 1. The van der Waals surface area contributed by atoms with E-state index in [1.165, 1.54) is 11.1 Å². The number of rotatable bonds is 5. The van der Waals surface area contributed by atoms with Crippen molar-refractivity contribution in [1.82, 2.24) is 4.98 Å². The summed E-state index contributed by atoms with van der Waals surface area (Å²) in [5.74, 6) is -0.00446. The molecule has 26 heavy (non-hydrogen) atoms. The number of hydrogen-bond donors (Lipinski definition) is 2. The average molecular weight is 398 g/mol. The summed E-state index contributed by atoms with van der Waals surface area (Å²) in [6.07, 6.45) is 5.79. The third-order valence-electron chi connectivity index (χ3n) is 4.69. The number of ether oxygens (including phenoxy) is 1. The van der Waals surface area contributed by atoms with Crippen molar-refractivity contribution < 1.29 is 9.53 Å². The van der Waals surface area contributed by atoms with E-state index in [9.17, 15) is 4.79 Å². The van der Waals surface area contributed by atoms with E-state index in [2.05, 4.69) is 10.3 Å². The first kappa shape index (κ1) is 22.4. The third-order valence-corrected chi connectivity index (χ3v) is 4.69. The number of carbonyl (C=O) groups excluding carboxylic acids is 1. The molecule has 1 saturated heterocycles. The Kier molecular flexibility index (Phi) is 9.02. The summed E-state index contributed by atoms with van der Waals surface area (Å²) < 4.78 is 5.36. The lowest BCUT2D eigenvalue weighted by atomic mass is 9.79. The van der Waals surface area contributed by atoms with Gasteiger partial charge in [0.15, 0.2) is 0 Å². The molecule has 0 aliphatic carbocycles. The fourth-order valence-electron chi connectivity index (χ4n) is 2.99. The molecule has 0 saturated carbocycles. The quantitative estimate of drug-likeness (QED) is 0.811. The molecular formula is C19H25Cl2N3O2. The highest BCUT2D eigenvalue weighted by molar-refractivity contribution is 5.95. The van der Waals surface area contributed by atoms with Crippen LogP contribution in [-0.4, -0.2) is 30.6 Å². The van der Waals surface area contributed by atoms with Crippen LogP contribution in [0.3, 0.4) is 0 Å². The van der Waals surface area contributed by atoms with E-state index in [-0.39, 0.29) is 30.7 Å². The molecule has 0 atom stereocenters. The number of carbonyl (C=O) groups is 1. The zero-order chi connectivity index (χ0) is 16.8. The predicted molar refractivity (Wildman–Crippen MR) is 108 cm³/mol. The number of nitrogens with two attached hydrogens (primary N) is 1. The first-order valence-corrected chi connectivity index (χ1v) is 8.29. The maximum atomic E-state index is 12.6. The van der Waals surface area contributed by atoms with Gasteiger partial charge in [-0.05, 0) is 54.7 Å². The zero-order valence-electron chi connectivity index (χ0n) is 14.5. The first-order valence-electron chi connectivity index (χ1n) is 8.29. The van der Waals surface area contributed by atoms with Crippen LogP contribution in [-0.2, 0) is 16.0 Å². The Balaban J connectivity index is 0.00000169. The molecule has 1 fully saturated rings. The van der Waals surface area contributed by atoms with Gasteiger partial charge in [-0.1, -0.05) is 12.1 Å². The molecule has 0 radical (unpaired) electrons. The SMILES string of the molecule is Cl.Cl.NCC1(C(=O)Nc2ccc(Cc3ccncc3)cc2)CCOCC1. The van der Waals surface area contributed by atoms with Crippen LogP contribution in [0.2, 0.25) is 0 Å². The number of amides is 1. The predicted octanol–water partition coefficient (Wildman–Crippen LogP) is 3.21. The van der Waals surface area contributed by atoms with Crippen molar-refractivity contribution in [3.8, 4) is 0 Å². The minimum absolute atomic E-state index is 0. The van der Waals surface area contributed by atoms with Crippen LogP contribution in [0.25, 0.3) is 0 Å². The molecule has 3 N–H and O–H groups in total.